The Morgan fingerprint density at radius 1 is 1.37 bits per heavy atom. The van der Waals surface area contributed by atoms with Gasteiger partial charge in [0.05, 0.1) is 0 Å². The summed E-state index contributed by atoms with van der Waals surface area (Å²) in [6.07, 6.45) is -3.24. The largest absolute Gasteiger partial charge is 0.413 e. The summed E-state index contributed by atoms with van der Waals surface area (Å²) in [6.45, 7) is 1.13. The molecule has 1 aromatic rings. The Balaban J connectivity index is 2.64. The number of Topliss-reactive ketones (excluding diaryl/α,β-unsaturated/α-hetero) is 1. The minimum Gasteiger partial charge on any atom is -0.359 e. The minimum atomic E-state index is -4.51. The number of rotatable bonds is 1. The number of carbonyl (C=O) groups is 1. The number of likely N-dealkylation sites (N-methyl/N-ethyl adjacent to an activating group) is 1. The minimum absolute atomic E-state index is 0.273. The average molecular weight is 290 g/mol. The summed E-state index contributed by atoms with van der Waals surface area (Å²) in [4.78, 5) is 12.5. The Bertz CT molecular complexity index is 565. The van der Waals surface area contributed by atoms with Crippen LogP contribution in [-0.4, -0.2) is 25.0 Å². The topological polar surface area (TPSA) is 20.3 Å². The van der Waals surface area contributed by atoms with E-state index in [1.165, 1.54) is 25.3 Å². The second-order valence-corrected chi connectivity index (χ2v) is 4.85. The van der Waals surface area contributed by atoms with Crippen LogP contribution < -0.4 is 4.90 Å². The number of ketones is 1. The zero-order valence-corrected chi connectivity index (χ0v) is 11.0. The van der Waals surface area contributed by atoms with Crippen molar-refractivity contribution in [2.75, 3.05) is 11.9 Å². The van der Waals surface area contributed by atoms with Gasteiger partial charge >= 0.3 is 6.18 Å². The van der Waals surface area contributed by atoms with Gasteiger partial charge in [-0.05, 0) is 36.8 Å². The lowest BCUT2D eigenvalue weighted by Crippen LogP contribution is -2.48. The molecule has 0 saturated heterocycles. The van der Waals surface area contributed by atoms with Crippen molar-refractivity contribution in [3.63, 3.8) is 0 Å². The van der Waals surface area contributed by atoms with Gasteiger partial charge in [0.1, 0.15) is 0 Å². The van der Waals surface area contributed by atoms with Gasteiger partial charge in [-0.3, -0.25) is 4.79 Å². The van der Waals surface area contributed by atoms with Crippen LogP contribution in [0.4, 0.5) is 18.9 Å². The highest BCUT2D eigenvalue weighted by Crippen LogP contribution is 2.40. The summed E-state index contributed by atoms with van der Waals surface area (Å²) in [5.41, 5.74) is 0.641. The molecule has 19 heavy (non-hydrogen) atoms. The number of fused-ring (bicyclic) bond motifs is 1. The Hall–Kier alpha value is -1.49. The van der Waals surface area contributed by atoms with Gasteiger partial charge in [-0.25, -0.2) is 0 Å². The molecule has 6 heteroatoms. The lowest BCUT2D eigenvalue weighted by atomic mass is 9.93. The van der Waals surface area contributed by atoms with Gasteiger partial charge in [-0.2, -0.15) is 13.2 Å². The van der Waals surface area contributed by atoms with Gasteiger partial charge in [0, 0.05) is 23.3 Å². The highest BCUT2D eigenvalue weighted by atomic mass is 35.5. The molecule has 1 heterocycles. The zero-order chi connectivity index (χ0) is 14.4. The van der Waals surface area contributed by atoms with Crippen LogP contribution in [0.25, 0.3) is 6.08 Å². The molecule has 102 valence electrons. The summed E-state index contributed by atoms with van der Waals surface area (Å²) in [7, 11) is 1.32. The highest BCUT2D eigenvalue weighted by molar-refractivity contribution is 6.30. The van der Waals surface area contributed by atoms with E-state index in [1.54, 1.807) is 6.07 Å². The first kappa shape index (κ1) is 13.9. The van der Waals surface area contributed by atoms with Crippen LogP contribution in [0.1, 0.15) is 12.5 Å². The lowest BCUT2D eigenvalue weighted by molar-refractivity contribution is -0.143. The van der Waals surface area contributed by atoms with E-state index in [1.807, 2.05) is 0 Å². The van der Waals surface area contributed by atoms with Crippen LogP contribution in [0, 0.1) is 0 Å². The third-order valence-corrected chi connectivity index (χ3v) is 3.31. The van der Waals surface area contributed by atoms with Crippen LogP contribution in [0.2, 0.25) is 5.02 Å². The molecule has 0 aromatic heterocycles. The average Bonchev–Trinajstić information content (AvgIpc) is 2.25. The SMILES string of the molecule is CC(=O)C1=Cc2cc(Cl)ccc2N(C)C1C(F)(F)F. The molecule has 1 unspecified atom stereocenters. The molecule has 1 aliphatic heterocycles. The van der Waals surface area contributed by atoms with E-state index in [2.05, 4.69) is 0 Å². The summed E-state index contributed by atoms with van der Waals surface area (Å²) in [6, 6.07) is 2.67. The molecule has 0 bridgehead atoms. The molecular formula is C13H11ClF3NO. The molecule has 0 N–H and O–H groups in total. The van der Waals surface area contributed by atoms with Crippen LogP contribution >= 0.6 is 11.6 Å². The normalized spacial score (nSPS) is 18.9. The monoisotopic (exact) mass is 289 g/mol. The zero-order valence-electron chi connectivity index (χ0n) is 10.3. The van der Waals surface area contributed by atoms with Gasteiger partial charge in [-0.1, -0.05) is 11.6 Å². The van der Waals surface area contributed by atoms with Crippen molar-refractivity contribution in [1.29, 1.82) is 0 Å². The maximum atomic E-state index is 13.1. The Morgan fingerprint density at radius 2 is 2.00 bits per heavy atom. The lowest BCUT2D eigenvalue weighted by Gasteiger charge is -2.36. The third-order valence-electron chi connectivity index (χ3n) is 3.08. The van der Waals surface area contributed by atoms with Crippen molar-refractivity contribution in [2.45, 2.75) is 19.1 Å². The number of nitrogens with zero attached hydrogens (tertiary/aromatic N) is 1. The molecule has 2 rings (SSSR count). The number of hydrogen-bond acceptors (Lipinski definition) is 2. The number of anilines is 1. The van der Waals surface area contributed by atoms with Gasteiger partial charge in [0.2, 0.25) is 0 Å². The van der Waals surface area contributed by atoms with Gasteiger partial charge in [0.15, 0.2) is 11.8 Å². The van der Waals surface area contributed by atoms with Crippen molar-refractivity contribution in [1.82, 2.24) is 0 Å². The van der Waals surface area contributed by atoms with Crippen molar-refractivity contribution in [3.05, 3.63) is 34.4 Å². The van der Waals surface area contributed by atoms with Crippen LogP contribution in [0.15, 0.2) is 23.8 Å². The fourth-order valence-corrected chi connectivity index (χ4v) is 2.43. The first-order valence-electron chi connectivity index (χ1n) is 5.53. The number of hydrogen-bond donors (Lipinski definition) is 0. The van der Waals surface area contributed by atoms with Gasteiger partial charge < -0.3 is 4.90 Å². The van der Waals surface area contributed by atoms with E-state index in [0.717, 1.165) is 11.8 Å². The number of benzene rings is 1. The van der Waals surface area contributed by atoms with Crippen molar-refractivity contribution in [3.8, 4) is 0 Å². The first-order chi connectivity index (χ1) is 8.71. The first-order valence-corrected chi connectivity index (χ1v) is 5.91. The summed E-state index contributed by atoms with van der Waals surface area (Å²) in [5, 5.41) is 0.414. The molecule has 0 amide bonds. The van der Waals surface area contributed by atoms with E-state index in [9.17, 15) is 18.0 Å². The number of carbonyl (C=O) groups excluding carboxylic acids is 1. The molecule has 2 nitrogen and oxygen atoms in total. The summed E-state index contributed by atoms with van der Waals surface area (Å²) in [5.74, 6) is -0.597. The second kappa shape index (κ2) is 4.56. The quantitative estimate of drug-likeness (QED) is 0.786. The van der Waals surface area contributed by atoms with E-state index in [4.69, 9.17) is 11.6 Å². The Morgan fingerprint density at radius 3 is 2.53 bits per heavy atom. The predicted molar refractivity (Wildman–Crippen MR) is 68.4 cm³/mol. The van der Waals surface area contributed by atoms with Gasteiger partial charge in [-0.15, -0.1) is 0 Å². The molecule has 1 atom stereocenters. The van der Waals surface area contributed by atoms with E-state index >= 15 is 0 Å². The van der Waals surface area contributed by atoms with Crippen LogP contribution in [0.3, 0.4) is 0 Å². The van der Waals surface area contributed by atoms with Crippen LogP contribution in [0.5, 0.6) is 0 Å². The second-order valence-electron chi connectivity index (χ2n) is 4.41. The van der Waals surface area contributed by atoms with E-state index < -0.39 is 18.0 Å². The summed E-state index contributed by atoms with van der Waals surface area (Å²) < 4.78 is 39.3. The van der Waals surface area contributed by atoms with Crippen LogP contribution in [-0.2, 0) is 4.79 Å². The maximum absolute atomic E-state index is 13.1. The fourth-order valence-electron chi connectivity index (χ4n) is 2.25. The predicted octanol–water partition coefficient (Wildman–Crippen LogP) is 3.69. The van der Waals surface area contributed by atoms with Gasteiger partial charge in [0.25, 0.3) is 0 Å². The summed E-state index contributed by atoms with van der Waals surface area (Å²) >= 11 is 5.82. The molecule has 0 spiro atoms. The molecular weight excluding hydrogens is 279 g/mol. The smallest absolute Gasteiger partial charge is 0.359 e. The van der Waals surface area contributed by atoms with Crippen molar-refractivity contribution >= 4 is 29.1 Å². The van der Waals surface area contributed by atoms with E-state index in [0.29, 0.717) is 16.3 Å². The number of halogens is 4. The number of alkyl halides is 3. The highest BCUT2D eigenvalue weighted by Gasteiger charge is 2.48. The molecule has 1 aliphatic rings. The molecule has 0 saturated carbocycles. The molecule has 0 aliphatic carbocycles. The van der Waals surface area contributed by atoms with Crippen molar-refractivity contribution < 1.29 is 18.0 Å². The fraction of sp³-hybridized carbons (Fsp3) is 0.308. The Labute approximate surface area is 113 Å². The molecule has 0 fully saturated rings. The third kappa shape index (κ3) is 2.47. The maximum Gasteiger partial charge on any atom is 0.413 e. The standard InChI is InChI=1S/C13H11ClF3NO/c1-7(19)10-6-8-5-9(14)3-4-11(8)18(2)12(10)13(15,16)17/h3-6,12H,1-2H3. The van der Waals surface area contributed by atoms with Crippen molar-refractivity contribution in [2.24, 2.45) is 0 Å². The Kier molecular flexibility index (Phi) is 3.34. The van der Waals surface area contributed by atoms with E-state index in [-0.39, 0.29) is 5.57 Å². The molecule has 0 radical (unpaired) electrons. The molecule has 1 aromatic carbocycles.